The summed E-state index contributed by atoms with van der Waals surface area (Å²) >= 11 is 0. The minimum absolute atomic E-state index is 0.0417. The number of fused-ring (bicyclic) bond motifs is 2. The largest absolute Gasteiger partial charge is 0.453 e. The van der Waals surface area contributed by atoms with Crippen LogP contribution in [-0.2, 0) is 19.1 Å². The van der Waals surface area contributed by atoms with E-state index < -0.39 is 36.3 Å². The van der Waals surface area contributed by atoms with Gasteiger partial charge in [-0.15, -0.1) is 0 Å². The van der Waals surface area contributed by atoms with E-state index in [1.807, 2.05) is 81.1 Å². The smallest absolute Gasteiger partial charge is 0.407 e. The lowest BCUT2D eigenvalue weighted by molar-refractivity contribution is -0.139. The maximum atomic E-state index is 15.5. The number of halogens is 1. The van der Waals surface area contributed by atoms with E-state index in [0.717, 1.165) is 53.9 Å². The van der Waals surface area contributed by atoms with E-state index in [-0.39, 0.29) is 47.5 Å². The minimum atomic E-state index is -0.774. The summed E-state index contributed by atoms with van der Waals surface area (Å²) < 4.78 is 25.1. The Kier molecular flexibility index (Phi) is 10.5. The van der Waals surface area contributed by atoms with Gasteiger partial charge in [0.2, 0.25) is 17.8 Å². The van der Waals surface area contributed by atoms with E-state index in [2.05, 4.69) is 25.6 Å². The molecule has 0 spiro atoms. The number of hydrogen-bond acceptors (Lipinski definition) is 8. The van der Waals surface area contributed by atoms with Crippen LogP contribution in [0.4, 0.5) is 14.0 Å². The van der Waals surface area contributed by atoms with Crippen LogP contribution in [0, 0.1) is 29.6 Å². The lowest BCUT2D eigenvalue weighted by Gasteiger charge is -2.39. The Balaban J connectivity index is 0.954. The second-order valence-electron chi connectivity index (χ2n) is 16.8. The molecule has 15 heteroatoms. The van der Waals surface area contributed by atoms with Gasteiger partial charge in [-0.1, -0.05) is 76.2 Å². The van der Waals surface area contributed by atoms with Crippen molar-refractivity contribution < 1.29 is 33.0 Å². The Hall–Kier alpha value is -5.73. The fourth-order valence-corrected chi connectivity index (χ4v) is 9.16. The van der Waals surface area contributed by atoms with Crippen LogP contribution in [0.25, 0.3) is 33.6 Å². The molecule has 2 saturated carbocycles. The zero-order valence-corrected chi connectivity index (χ0v) is 33.6. The molecule has 14 nitrogen and oxygen atoms in total. The maximum Gasteiger partial charge on any atom is 0.407 e. The molecule has 4 heterocycles. The first kappa shape index (κ1) is 39.1. The number of aromatic amines is 2. The maximum absolute atomic E-state index is 15.5. The Morgan fingerprint density at radius 3 is 1.74 bits per heavy atom. The fourth-order valence-electron chi connectivity index (χ4n) is 9.16. The van der Waals surface area contributed by atoms with Gasteiger partial charge in [-0.05, 0) is 72.5 Å². The number of nitrogens with zero attached hydrogens (tertiary/aromatic N) is 4. The van der Waals surface area contributed by atoms with Gasteiger partial charge in [0.15, 0.2) is 0 Å². The number of alkyl carbamates (subject to hydrolysis) is 2. The lowest BCUT2D eigenvalue weighted by atomic mass is 9.80. The van der Waals surface area contributed by atoms with Crippen LogP contribution < -0.4 is 10.6 Å². The van der Waals surface area contributed by atoms with Gasteiger partial charge < -0.3 is 39.9 Å². The summed E-state index contributed by atoms with van der Waals surface area (Å²) in [5.41, 5.74) is 4.48. The third kappa shape index (κ3) is 7.19. The number of likely N-dealkylation sites (tertiary alicyclic amines) is 2. The molecule has 2 aliphatic heterocycles. The number of benzene rings is 2. The minimum Gasteiger partial charge on any atom is -0.453 e. The highest BCUT2D eigenvalue weighted by atomic mass is 19.1. The fraction of sp³-hybridized carbons (Fsp3) is 0.488. The SMILES string of the molecule is COC(=O)NC(C(=O)N1C(c2ncc(-c3ccc(-c4ccc(-c5nc(C6CC7CC7N6C(=O)C(NC(=O)OC)C(C)C)[nH]c5F)cc4)cc3)[nH]2)CC2CCC21)C(C)C. The summed E-state index contributed by atoms with van der Waals surface area (Å²) in [5, 5.41) is 5.41. The van der Waals surface area contributed by atoms with Crippen LogP contribution in [0.1, 0.15) is 83.5 Å². The number of carbonyl (C=O) groups excluding carboxylic acids is 4. The van der Waals surface area contributed by atoms with E-state index in [4.69, 9.17) is 14.5 Å². The van der Waals surface area contributed by atoms with Crippen molar-refractivity contribution in [3.05, 3.63) is 72.3 Å². The van der Waals surface area contributed by atoms with Crippen LogP contribution in [-0.4, -0.2) is 92.1 Å². The first-order valence-corrected chi connectivity index (χ1v) is 20.2. The summed E-state index contributed by atoms with van der Waals surface area (Å²) in [4.78, 5) is 71.2. The number of amides is 4. The number of hydrogen-bond donors (Lipinski definition) is 4. The van der Waals surface area contributed by atoms with Crippen LogP contribution >= 0.6 is 0 Å². The zero-order chi connectivity index (χ0) is 41.0. The lowest BCUT2D eigenvalue weighted by Crippen LogP contribution is -2.54. The normalized spacial score (nSPS) is 24.2. The van der Waals surface area contributed by atoms with Crippen molar-refractivity contribution in [3.8, 4) is 33.6 Å². The third-order valence-corrected chi connectivity index (χ3v) is 12.6. The third-order valence-electron chi connectivity index (χ3n) is 12.6. The second kappa shape index (κ2) is 15.6. The standard InChI is InChI=1S/C43H51FN8O6/c1-21(2)34(48-42(55)57-5)40(53)51-30-16-15-27(30)17-32(51)38-45-20-29(46-38)25-11-7-23(8-12-25)24-9-13-26(14-10-24)36-37(44)50-39(47-36)33-19-28-18-31(28)52(33)41(54)35(22(3)4)49-43(56)58-6/h7-14,20-22,27-28,30-35H,15-19H2,1-6H3,(H,45,46)(H,47,50)(H,48,55)(H,49,56). The van der Waals surface area contributed by atoms with Gasteiger partial charge in [0, 0.05) is 17.6 Å². The molecule has 8 rings (SSSR count). The predicted molar refractivity (Wildman–Crippen MR) is 212 cm³/mol. The number of imidazole rings is 2. The molecule has 0 bridgehead atoms. The Bertz CT molecular complexity index is 2180. The van der Waals surface area contributed by atoms with Crippen molar-refractivity contribution in [3.63, 3.8) is 0 Å². The van der Waals surface area contributed by atoms with E-state index in [1.165, 1.54) is 14.2 Å². The molecule has 2 aromatic carbocycles. The highest BCUT2D eigenvalue weighted by Gasteiger charge is 2.56. The highest BCUT2D eigenvalue weighted by Crippen LogP contribution is 2.54. The molecule has 8 unspecified atom stereocenters. The molecular weight excluding hydrogens is 744 g/mol. The quantitative estimate of drug-likeness (QED) is 0.129. The number of nitrogens with one attached hydrogen (secondary N) is 4. The molecule has 4 amide bonds. The average molecular weight is 795 g/mol. The summed E-state index contributed by atoms with van der Waals surface area (Å²) in [7, 11) is 2.56. The molecule has 0 radical (unpaired) electrons. The second-order valence-corrected chi connectivity index (χ2v) is 16.8. The molecule has 2 saturated heterocycles. The van der Waals surface area contributed by atoms with Crippen LogP contribution in [0.3, 0.4) is 0 Å². The topological polar surface area (TPSA) is 175 Å². The monoisotopic (exact) mass is 794 g/mol. The molecule has 2 aliphatic carbocycles. The van der Waals surface area contributed by atoms with Gasteiger partial charge in [0.1, 0.15) is 29.4 Å². The van der Waals surface area contributed by atoms with E-state index in [1.54, 1.807) is 11.1 Å². The Labute approximate surface area is 336 Å². The van der Waals surface area contributed by atoms with Crippen molar-refractivity contribution in [2.45, 2.75) is 96.1 Å². The van der Waals surface area contributed by atoms with Gasteiger partial charge in [-0.3, -0.25) is 9.59 Å². The average Bonchev–Trinajstić information content (AvgIpc) is 3.53. The van der Waals surface area contributed by atoms with Gasteiger partial charge in [0.25, 0.3) is 0 Å². The number of methoxy groups -OCH3 is 2. The molecular formula is C43H51FN8O6. The van der Waals surface area contributed by atoms with Crippen LogP contribution in [0.15, 0.2) is 54.7 Å². The molecule has 306 valence electrons. The summed E-state index contributed by atoms with van der Waals surface area (Å²) in [6, 6.07) is 13.7. The highest BCUT2D eigenvalue weighted by molar-refractivity contribution is 5.88. The molecule has 58 heavy (non-hydrogen) atoms. The Morgan fingerprint density at radius 1 is 0.690 bits per heavy atom. The van der Waals surface area contributed by atoms with Crippen molar-refractivity contribution in [2.24, 2.45) is 23.7 Å². The van der Waals surface area contributed by atoms with Crippen LogP contribution in [0.5, 0.6) is 0 Å². The van der Waals surface area contributed by atoms with Gasteiger partial charge in [-0.25, -0.2) is 19.6 Å². The number of H-pyrrole nitrogens is 2. The van der Waals surface area contributed by atoms with E-state index in [0.29, 0.717) is 29.6 Å². The zero-order valence-electron chi connectivity index (χ0n) is 33.6. The summed E-state index contributed by atoms with van der Waals surface area (Å²) in [6.45, 7) is 7.55. The van der Waals surface area contributed by atoms with Crippen LogP contribution in [0.2, 0.25) is 0 Å². The van der Waals surface area contributed by atoms with E-state index >= 15 is 4.39 Å². The number of ether oxygens (including phenoxy) is 2. The molecule has 8 atom stereocenters. The van der Waals surface area contributed by atoms with Crippen molar-refractivity contribution >= 4 is 24.0 Å². The van der Waals surface area contributed by atoms with Gasteiger partial charge in [-0.2, -0.15) is 4.39 Å². The Morgan fingerprint density at radius 2 is 1.21 bits per heavy atom. The van der Waals surface area contributed by atoms with Gasteiger partial charge >= 0.3 is 12.2 Å². The molecule has 4 aromatic rings. The first-order valence-electron chi connectivity index (χ1n) is 20.2. The summed E-state index contributed by atoms with van der Waals surface area (Å²) in [5.74, 6) is 0.656. The predicted octanol–water partition coefficient (Wildman–Crippen LogP) is 6.75. The van der Waals surface area contributed by atoms with E-state index in [9.17, 15) is 19.2 Å². The molecule has 4 N–H and O–H groups in total. The number of piperidine rings is 1. The molecule has 4 fully saturated rings. The van der Waals surface area contributed by atoms with Crippen molar-refractivity contribution in [1.29, 1.82) is 0 Å². The number of rotatable bonds is 11. The van der Waals surface area contributed by atoms with Crippen molar-refractivity contribution in [2.75, 3.05) is 14.2 Å². The van der Waals surface area contributed by atoms with Crippen molar-refractivity contribution in [1.82, 2.24) is 40.4 Å². The molecule has 2 aromatic heterocycles. The number of carbonyl (C=O) groups is 4. The molecule has 4 aliphatic rings. The number of aromatic nitrogens is 4. The summed E-state index contributed by atoms with van der Waals surface area (Å²) in [6.07, 6.45) is 4.88. The first-order chi connectivity index (χ1) is 27.9. The van der Waals surface area contributed by atoms with Gasteiger partial charge in [0.05, 0.1) is 38.2 Å².